The van der Waals surface area contributed by atoms with Crippen molar-refractivity contribution in [3.05, 3.63) is 52.8 Å². The van der Waals surface area contributed by atoms with E-state index in [0.717, 1.165) is 23.3 Å². The van der Waals surface area contributed by atoms with E-state index in [1.807, 2.05) is 19.1 Å². The van der Waals surface area contributed by atoms with Crippen molar-refractivity contribution < 1.29 is 28.5 Å². The van der Waals surface area contributed by atoms with Crippen molar-refractivity contribution in [1.82, 2.24) is 0 Å². The molecule has 156 valence electrons. The number of hydrogen-bond acceptors (Lipinski definition) is 6. The topological polar surface area (TPSA) is 71.1 Å². The Labute approximate surface area is 174 Å². The van der Waals surface area contributed by atoms with Crippen LogP contribution >= 0.6 is 0 Å². The molecule has 0 aromatic heterocycles. The molecule has 0 amide bonds. The van der Waals surface area contributed by atoms with Gasteiger partial charge in [0.1, 0.15) is 11.9 Å². The van der Waals surface area contributed by atoms with Gasteiger partial charge >= 0.3 is 11.9 Å². The molecule has 6 heteroatoms. The molecule has 5 aliphatic rings. The van der Waals surface area contributed by atoms with Crippen LogP contribution in [0.2, 0.25) is 0 Å². The van der Waals surface area contributed by atoms with Gasteiger partial charge in [-0.15, -0.1) is 0 Å². The Kier molecular flexibility index (Phi) is 3.55. The second-order valence-corrected chi connectivity index (χ2v) is 9.30. The summed E-state index contributed by atoms with van der Waals surface area (Å²) in [7, 11) is 1.63. The van der Waals surface area contributed by atoms with Crippen molar-refractivity contribution in [3.8, 4) is 5.75 Å². The molecule has 3 aliphatic carbocycles. The lowest BCUT2D eigenvalue weighted by Crippen LogP contribution is -2.35. The van der Waals surface area contributed by atoms with Crippen LogP contribution in [0.4, 0.5) is 0 Å². The average molecular weight is 408 g/mol. The summed E-state index contributed by atoms with van der Waals surface area (Å²) in [6, 6.07) is 3.95. The Morgan fingerprint density at radius 3 is 2.83 bits per heavy atom. The number of methoxy groups -OCH3 is 1. The van der Waals surface area contributed by atoms with Gasteiger partial charge in [-0.1, -0.05) is 18.2 Å². The Hall–Kier alpha value is -2.76. The van der Waals surface area contributed by atoms with E-state index < -0.39 is 11.7 Å². The number of ether oxygens (including phenoxy) is 4. The van der Waals surface area contributed by atoms with E-state index in [-0.39, 0.29) is 41.7 Å². The van der Waals surface area contributed by atoms with Gasteiger partial charge in [0.05, 0.1) is 30.3 Å². The van der Waals surface area contributed by atoms with Gasteiger partial charge < -0.3 is 18.9 Å². The molecule has 6 nitrogen and oxygen atoms in total. The number of benzene rings is 1. The van der Waals surface area contributed by atoms with Gasteiger partial charge in [0.25, 0.3) is 0 Å². The normalized spacial score (nSPS) is 41.0. The molecule has 0 radical (unpaired) electrons. The lowest BCUT2D eigenvalue weighted by Gasteiger charge is -2.28. The maximum atomic E-state index is 12.6. The van der Waals surface area contributed by atoms with Gasteiger partial charge in [-0.25, -0.2) is 4.79 Å². The Balaban J connectivity index is 1.29. The van der Waals surface area contributed by atoms with E-state index in [4.69, 9.17) is 18.9 Å². The highest BCUT2D eigenvalue weighted by atomic mass is 16.7. The van der Waals surface area contributed by atoms with E-state index in [9.17, 15) is 9.59 Å². The molecule has 0 spiro atoms. The zero-order valence-electron chi connectivity index (χ0n) is 17.2. The van der Waals surface area contributed by atoms with Crippen LogP contribution in [-0.4, -0.2) is 25.3 Å². The molecule has 7 atom stereocenters. The van der Waals surface area contributed by atoms with Crippen LogP contribution in [0, 0.1) is 36.0 Å². The maximum absolute atomic E-state index is 12.6. The molecule has 1 aromatic carbocycles. The van der Waals surface area contributed by atoms with Crippen molar-refractivity contribution in [3.63, 3.8) is 0 Å². The van der Waals surface area contributed by atoms with Crippen LogP contribution in [0.25, 0.3) is 0 Å². The van der Waals surface area contributed by atoms with Gasteiger partial charge in [0, 0.05) is 11.5 Å². The number of aryl methyl sites for hydroxylation is 1. The predicted octanol–water partition coefficient (Wildman–Crippen LogP) is 3.39. The van der Waals surface area contributed by atoms with Crippen LogP contribution in [-0.2, 0) is 30.2 Å². The number of cyclic esters (lactones) is 1. The van der Waals surface area contributed by atoms with Crippen molar-refractivity contribution in [1.29, 1.82) is 0 Å². The maximum Gasteiger partial charge on any atom is 0.338 e. The summed E-state index contributed by atoms with van der Waals surface area (Å²) in [6.07, 6.45) is 6.43. The van der Waals surface area contributed by atoms with E-state index in [1.165, 1.54) is 11.8 Å². The highest BCUT2D eigenvalue weighted by molar-refractivity contribution is 5.92. The smallest absolute Gasteiger partial charge is 0.338 e. The number of hydrogen-bond donors (Lipinski definition) is 0. The minimum atomic E-state index is -0.665. The number of esters is 2. The quantitative estimate of drug-likeness (QED) is 0.331. The van der Waals surface area contributed by atoms with Crippen molar-refractivity contribution in [2.75, 3.05) is 7.11 Å². The lowest BCUT2D eigenvalue weighted by molar-refractivity contribution is -0.161. The molecule has 2 aliphatic heterocycles. The molecule has 3 fully saturated rings. The fourth-order valence-corrected chi connectivity index (χ4v) is 6.39. The number of carbonyl (C=O) groups is 2. The molecular formula is C24H24O6. The number of allylic oxidation sites excluding steroid dienone is 2. The summed E-state index contributed by atoms with van der Waals surface area (Å²) < 4.78 is 22.9. The van der Waals surface area contributed by atoms with Gasteiger partial charge in [0.15, 0.2) is 0 Å². The molecule has 2 bridgehead atoms. The van der Waals surface area contributed by atoms with Crippen LogP contribution < -0.4 is 4.74 Å². The van der Waals surface area contributed by atoms with E-state index >= 15 is 0 Å². The molecule has 1 saturated carbocycles. The van der Waals surface area contributed by atoms with Gasteiger partial charge in [0.2, 0.25) is 6.29 Å². The standard InChI is InChI=1S/C24H24O6/c1-11-4-7-17(27-3)18-14(11)9-15-16(21(25)29-20(15)18)10-28-22-19-12-5-6-13(8-12)24(19,2)23(26)30-22/h4-7,10,12-13,15,19-20,22H,8-9H2,1-3H3/b16-10+/t12-,13+,15?,19?,20?,22?,24+/m1/s1. The Bertz CT molecular complexity index is 1040. The molecule has 4 unspecified atom stereocenters. The largest absolute Gasteiger partial charge is 0.496 e. The van der Waals surface area contributed by atoms with E-state index in [1.54, 1.807) is 7.11 Å². The predicted molar refractivity (Wildman–Crippen MR) is 105 cm³/mol. The number of carbonyl (C=O) groups excluding carboxylic acids is 2. The van der Waals surface area contributed by atoms with Gasteiger partial charge in [-0.2, -0.15) is 0 Å². The number of fused-ring (bicyclic) bond motifs is 8. The zero-order chi connectivity index (χ0) is 20.8. The van der Waals surface area contributed by atoms with Crippen LogP contribution in [0.1, 0.15) is 36.1 Å². The Morgan fingerprint density at radius 1 is 1.20 bits per heavy atom. The molecule has 2 saturated heterocycles. The third kappa shape index (κ3) is 2.09. The second kappa shape index (κ2) is 5.90. The molecule has 30 heavy (non-hydrogen) atoms. The highest BCUT2D eigenvalue weighted by Crippen LogP contribution is 2.61. The third-order valence-electron chi connectivity index (χ3n) is 8.04. The average Bonchev–Trinajstić information content (AvgIpc) is 3.49. The molecule has 0 N–H and O–H groups in total. The fourth-order valence-electron chi connectivity index (χ4n) is 6.39. The first-order chi connectivity index (χ1) is 14.4. The van der Waals surface area contributed by atoms with Crippen molar-refractivity contribution >= 4 is 11.9 Å². The summed E-state index contributed by atoms with van der Waals surface area (Å²) in [5, 5.41) is 0. The zero-order valence-corrected chi connectivity index (χ0v) is 17.2. The monoisotopic (exact) mass is 408 g/mol. The third-order valence-corrected chi connectivity index (χ3v) is 8.04. The summed E-state index contributed by atoms with van der Waals surface area (Å²) in [4.78, 5) is 25.3. The van der Waals surface area contributed by atoms with Crippen LogP contribution in [0.3, 0.4) is 0 Å². The van der Waals surface area contributed by atoms with Gasteiger partial charge in [-0.05, 0) is 55.7 Å². The summed E-state index contributed by atoms with van der Waals surface area (Å²) in [6.45, 7) is 4.04. The second-order valence-electron chi connectivity index (χ2n) is 9.30. The van der Waals surface area contributed by atoms with Crippen molar-refractivity contribution in [2.24, 2.45) is 29.1 Å². The van der Waals surface area contributed by atoms with E-state index in [2.05, 4.69) is 19.1 Å². The van der Waals surface area contributed by atoms with Crippen LogP contribution in [0.15, 0.2) is 36.1 Å². The molecule has 2 heterocycles. The SMILES string of the molecule is COc1ccc(C)c2c1C1OC(=O)/C(=C/OC3OC(=O)[C@]4(C)C3[C@@H]3C=C[C@H]4C3)C1C2. The minimum absolute atomic E-state index is 0.0202. The summed E-state index contributed by atoms with van der Waals surface area (Å²) in [5.74, 6) is 0.515. The van der Waals surface area contributed by atoms with Crippen LogP contribution in [0.5, 0.6) is 5.75 Å². The molecule has 6 rings (SSSR count). The molecular weight excluding hydrogens is 384 g/mol. The Morgan fingerprint density at radius 2 is 2.03 bits per heavy atom. The first-order valence-electron chi connectivity index (χ1n) is 10.6. The first-order valence-corrected chi connectivity index (χ1v) is 10.6. The first kappa shape index (κ1) is 18.0. The van der Waals surface area contributed by atoms with Gasteiger partial charge in [-0.3, -0.25) is 4.79 Å². The summed E-state index contributed by atoms with van der Waals surface area (Å²) in [5.41, 5.74) is 3.25. The van der Waals surface area contributed by atoms with Crippen molar-refractivity contribution in [2.45, 2.75) is 39.1 Å². The fraction of sp³-hybridized carbons (Fsp3) is 0.500. The molecule has 1 aromatic rings. The highest BCUT2D eigenvalue weighted by Gasteiger charge is 2.67. The number of rotatable bonds is 3. The lowest BCUT2D eigenvalue weighted by atomic mass is 9.71. The van der Waals surface area contributed by atoms with E-state index in [0.29, 0.717) is 12.0 Å². The minimum Gasteiger partial charge on any atom is -0.496 e. The summed E-state index contributed by atoms with van der Waals surface area (Å²) >= 11 is 0.